The number of hydrogen-bond donors (Lipinski definition) is 0. The van der Waals surface area contributed by atoms with E-state index >= 15 is 0 Å². The summed E-state index contributed by atoms with van der Waals surface area (Å²) in [6.07, 6.45) is 1.47. The first kappa shape index (κ1) is 20.6. The molecular formula is C20H16ClF2NO5. The molecule has 0 amide bonds. The first-order valence-electron chi connectivity index (χ1n) is 8.49. The highest BCUT2D eigenvalue weighted by Crippen LogP contribution is 2.37. The molecule has 0 spiro atoms. The van der Waals surface area contributed by atoms with E-state index in [-0.39, 0.29) is 17.3 Å². The summed E-state index contributed by atoms with van der Waals surface area (Å²) >= 11 is 6.21. The largest absolute Gasteiger partial charge is 0.491 e. The molecule has 9 heteroatoms. The zero-order valence-corrected chi connectivity index (χ0v) is 16.2. The van der Waals surface area contributed by atoms with Crippen molar-refractivity contribution in [3.05, 3.63) is 58.2 Å². The van der Waals surface area contributed by atoms with Gasteiger partial charge in [-0.2, -0.15) is 8.78 Å². The standard InChI is InChI=1S/C20H16ClF2NO5/c1-3-27-16-9-11(7-14(21)17(16)26-2)8-15-19(25)29-18(24-15)12-5-4-6-13(10-12)28-20(22)23/h4-10,20H,3H2,1-2H3/b15-8-. The smallest absolute Gasteiger partial charge is 0.387 e. The number of benzene rings is 2. The second-order valence-electron chi connectivity index (χ2n) is 5.71. The lowest BCUT2D eigenvalue weighted by molar-refractivity contribution is -0.129. The van der Waals surface area contributed by atoms with E-state index in [4.69, 9.17) is 25.8 Å². The fraction of sp³-hybridized carbons (Fsp3) is 0.200. The molecule has 0 aromatic heterocycles. The maximum atomic E-state index is 12.4. The van der Waals surface area contributed by atoms with Gasteiger partial charge in [0.1, 0.15) is 5.75 Å². The number of hydrogen-bond acceptors (Lipinski definition) is 6. The van der Waals surface area contributed by atoms with Crippen LogP contribution in [0.4, 0.5) is 8.78 Å². The van der Waals surface area contributed by atoms with Gasteiger partial charge in [-0.15, -0.1) is 0 Å². The Balaban J connectivity index is 1.93. The van der Waals surface area contributed by atoms with Crippen molar-refractivity contribution in [2.75, 3.05) is 13.7 Å². The van der Waals surface area contributed by atoms with Crippen LogP contribution >= 0.6 is 11.6 Å². The molecule has 2 aromatic carbocycles. The van der Waals surface area contributed by atoms with Crippen LogP contribution in [0.3, 0.4) is 0 Å². The topological polar surface area (TPSA) is 66.3 Å². The summed E-state index contributed by atoms with van der Waals surface area (Å²) in [4.78, 5) is 16.3. The average molecular weight is 424 g/mol. The van der Waals surface area contributed by atoms with Crippen LogP contribution in [0, 0.1) is 0 Å². The summed E-state index contributed by atoms with van der Waals surface area (Å²) in [6, 6.07) is 8.96. The van der Waals surface area contributed by atoms with Gasteiger partial charge in [0, 0.05) is 5.56 Å². The first-order chi connectivity index (χ1) is 13.9. The Morgan fingerprint density at radius 1 is 1.28 bits per heavy atom. The van der Waals surface area contributed by atoms with Crippen LogP contribution < -0.4 is 14.2 Å². The van der Waals surface area contributed by atoms with Crippen LogP contribution in [0.25, 0.3) is 6.08 Å². The molecule has 6 nitrogen and oxygen atoms in total. The van der Waals surface area contributed by atoms with Gasteiger partial charge in [-0.05, 0) is 48.9 Å². The molecule has 0 radical (unpaired) electrons. The van der Waals surface area contributed by atoms with Gasteiger partial charge < -0.3 is 18.9 Å². The van der Waals surface area contributed by atoms with E-state index in [9.17, 15) is 13.6 Å². The number of esters is 1. The number of aliphatic imine (C=N–C) groups is 1. The van der Waals surface area contributed by atoms with Crippen molar-refractivity contribution >= 4 is 29.5 Å². The number of cyclic esters (lactones) is 1. The second kappa shape index (κ2) is 8.91. The van der Waals surface area contributed by atoms with Gasteiger partial charge in [0.15, 0.2) is 17.2 Å². The van der Waals surface area contributed by atoms with Gasteiger partial charge in [-0.25, -0.2) is 9.79 Å². The van der Waals surface area contributed by atoms with Crippen LogP contribution in [0.1, 0.15) is 18.1 Å². The predicted octanol–water partition coefficient (Wildman–Crippen LogP) is 4.69. The van der Waals surface area contributed by atoms with E-state index in [0.717, 1.165) is 0 Å². The summed E-state index contributed by atoms with van der Waals surface area (Å²) in [7, 11) is 1.47. The molecule has 1 aliphatic heterocycles. The molecule has 152 valence electrons. The van der Waals surface area contributed by atoms with Crippen LogP contribution in [0.5, 0.6) is 17.2 Å². The molecule has 0 N–H and O–H groups in total. The van der Waals surface area contributed by atoms with E-state index in [0.29, 0.717) is 34.3 Å². The van der Waals surface area contributed by atoms with Crippen LogP contribution in [-0.4, -0.2) is 32.2 Å². The molecule has 3 rings (SSSR count). The Labute approximate surface area is 170 Å². The minimum atomic E-state index is -2.96. The zero-order valence-electron chi connectivity index (χ0n) is 15.4. The van der Waals surface area contributed by atoms with Crippen LogP contribution in [-0.2, 0) is 9.53 Å². The van der Waals surface area contributed by atoms with E-state index in [1.807, 2.05) is 6.92 Å². The number of carbonyl (C=O) groups is 1. The predicted molar refractivity (Wildman–Crippen MR) is 103 cm³/mol. The lowest BCUT2D eigenvalue weighted by atomic mass is 10.1. The van der Waals surface area contributed by atoms with E-state index in [1.165, 1.54) is 31.4 Å². The van der Waals surface area contributed by atoms with Crippen molar-refractivity contribution < 1.29 is 32.5 Å². The molecule has 2 aromatic rings. The lowest BCUT2D eigenvalue weighted by Crippen LogP contribution is -2.07. The Hall–Kier alpha value is -3.13. The molecule has 0 atom stereocenters. The summed E-state index contributed by atoms with van der Waals surface area (Å²) in [5, 5.41) is 0.303. The van der Waals surface area contributed by atoms with Crippen molar-refractivity contribution in [1.82, 2.24) is 0 Å². The summed E-state index contributed by atoms with van der Waals surface area (Å²) in [5.74, 6) is 0.0131. The number of methoxy groups -OCH3 is 1. The third-order valence-corrected chi connectivity index (χ3v) is 4.05. The van der Waals surface area contributed by atoms with Crippen molar-refractivity contribution in [2.45, 2.75) is 13.5 Å². The number of alkyl halides is 2. The van der Waals surface area contributed by atoms with E-state index in [1.54, 1.807) is 18.2 Å². The van der Waals surface area contributed by atoms with Gasteiger partial charge in [0.25, 0.3) is 0 Å². The van der Waals surface area contributed by atoms with Crippen molar-refractivity contribution in [2.24, 2.45) is 4.99 Å². The summed E-state index contributed by atoms with van der Waals surface area (Å²) in [6.45, 7) is -0.753. The number of ether oxygens (including phenoxy) is 4. The molecule has 0 bridgehead atoms. The number of carbonyl (C=O) groups excluding carboxylic acids is 1. The van der Waals surface area contributed by atoms with Crippen LogP contribution in [0.2, 0.25) is 5.02 Å². The lowest BCUT2D eigenvalue weighted by Gasteiger charge is -2.11. The molecule has 0 saturated carbocycles. The fourth-order valence-electron chi connectivity index (χ4n) is 2.63. The zero-order chi connectivity index (χ0) is 21.0. The Kier molecular flexibility index (Phi) is 6.33. The minimum Gasteiger partial charge on any atom is -0.491 e. The number of nitrogens with zero attached hydrogens (tertiary/aromatic N) is 1. The van der Waals surface area contributed by atoms with Gasteiger partial charge in [0.05, 0.1) is 18.7 Å². The summed E-state index contributed by atoms with van der Waals surface area (Å²) < 4.78 is 45.0. The van der Waals surface area contributed by atoms with Gasteiger partial charge in [-0.1, -0.05) is 17.7 Å². The number of halogens is 3. The summed E-state index contributed by atoms with van der Waals surface area (Å²) in [5.41, 5.74) is 0.887. The average Bonchev–Trinajstić information content (AvgIpc) is 3.02. The third kappa shape index (κ3) is 4.83. The van der Waals surface area contributed by atoms with E-state index in [2.05, 4.69) is 9.73 Å². The van der Waals surface area contributed by atoms with Crippen molar-refractivity contribution in [1.29, 1.82) is 0 Å². The molecule has 29 heavy (non-hydrogen) atoms. The fourth-order valence-corrected chi connectivity index (χ4v) is 2.92. The highest BCUT2D eigenvalue weighted by Gasteiger charge is 2.25. The van der Waals surface area contributed by atoms with Crippen LogP contribution in [0.15, 0.2) is 47.1 Å². The molecule has 1 aliphatic rings. The first-order valence-corrected chi connectivity index (χ1v) is 8.87. The van der Waals surface area contributed by atoms with Gasteiger partial charge in [0.2, 0.25) is 5.90 Å². The maximum absolute atomic E-state index is 12.4. The molecule has 1 heterocycles. The molecule has 0 fully saturated rings. The Bertz CT molecular complexity index is 991. The van der Waals surface area contributed by atoms with Gasteiger partial charge in [-0.3, -0.25) is 0 Å². The SMILES string of the molecule is CCOc1cc(/C=C2\N=C(c3cccc(OC(F)F)c3)OC2=O)cc(Cl)c1OC. The third-order valence-electron chi connectivity index (χ3n) is 3.77. The second-order valence-corrected chi connectivity index (χ2v) is 6.12. The maximum Gasteiger partial charge on any atom is 0.387 e. The highest BCUT2D eigenvalue weighted by atomic mass is 35.5. The van der Waals surface area contributed by atoms with Crippen molar-refractivity contribution in [3.63, 3.8) is 0 Å². The minimum absolute atomic E-state index is 0.0175. The Morgan fingerprint density at radius 3 is 2.76 bits per heavy atom. The monoisotopic (exact) mass is 423 g/mol. The quantitative estimate of drug-likeness (QED) is 0.477. The molecule has 0 saturated heterocycles. The molecule has 0 aliphatic carbocycles. The molecule has 0 unspecified atom stereocenters. The normalized spacial score (nSPS) is 14.8. The Morgan fingerprint density at radius 2 is 2.07 bits per heavy atom. The van der Waals surface area contributed by atoms with Gasteiger partial charge >= 0.3 is 12.6 Å². The highest BCUT2D eigenvalue weighted by molar-refractivity contribution is 6.32. The van der Waals surface area contributed by atoms with Crippen molar-refractivity contribution in [3.8, 4) is 17.2 Å². The van der Waals surface area contributed by atoms with E-state index < -0.39 is 12.6 Å². The molecular weight excluding hydrogens is 408 g/mol. The number of rotatable bonds is 7.